The molecule has 2 rings (SSSR count). The molecule has 0 aliphatic carbocycles. The van der Waals surface area contributed by atoms with Crippen LogP contribution in [0.15, 0.2) is 33.5 Å². The van der Waals surface area contributed by atoms with Crippen molar-refractivity contribution in [3.05, 3.63) is 29.1 Å². The molecule has 0 aromatic carbocycles. The van der Waals surface area contributed by atoms with Crippen molar-refractivity contribution in [2.45, 2.75) is 0 Å². The van der Waals surface area contributed by atoms with Gasteiger partial charge in [0.2, 0.25) is 5.95 Å². The summed E-state index contributed by atoms with van der Waals surface area (Å²) >= 11 is 3.24. The Bertz CT molecular complexity index is 441. The van der Waals surface area contributed by atoms with E-state index < -0.39 is 0 Å². The Morgan fingerprint density at radius 2 is 2.21 bits per heavy atom. The van der Waals surface area contributed by atoms with Gasteiger partial charge in [0, 0.05) is 13.2 Å². The first-order chi connectivity index (χ1) is 6.79. The van der Waals surface area contributed by atoms with Gasteiger partial charge >= 0.3 is 0 Å². The van der Waals surface area contributed by atoms with Crippen LogP contribution in [0, 0.1) is 0 Å². The van der Waals surface area contributed by atoms with Crippen molar-refractivity contribution < 1.29 is 4.42 Å². The summed E-state index contributed by atoms with van der Waals surface area (Å²) in [6, 6.07) is 5.48. The van der Waals surface area contributed by atoms with Gasteiger partial charge in [0.15, 0.2) is 10.4 Å². The molecule has 2 aromatic heterocycles. The van der Waals surface area contributed by atoms with E-state index in [9.17, 15) is 0 Å². The van der Waals surface area contributed by atoms with Gasteiger partial charge in [-0.2, -0.15) is 0 Å². The topological polar surface area (TPSA) is 51.0 Å². The predicted octanol–water partition coefficient (Wildman–Crippen LogP) is 2.54. The molecule has 4 nitrogen and oxygen atoms in total. The summed E-state index contributed by atoms with van der Waals surface area (Å²) in [6.45, 7) is 0. The fourth-order valence-electron chi connectivity index (χ4n) is 1.07. The lowest BCUT2D eigenvalue weighted by Gasteiger charge is -1.99. The second kappa shape index (κ2) is 3.79. The minimum absolute atomic E-state index is 0.579. The first-order valence-corrected chi connectivity index (χ1v) is 4.85. The molecule has 0 saturated heterocycles. The van der Waals surface area contributed by atoms with Gasteiger partial charge < -0.3 is 9.73 Å². The lowest BCUT2D eigenvalue weighted by atomic mass is 10.3. The van der Waals surface area contributed by atoms with E-state index in [1.54, 1.807) is 19.3 Å². The van der Waals surface area contributed by atoms with Crippen LogP contribution < -0.4 is 5.32 Å². The van der Waals surface area contributed by atoms with Gasteiger partial charge in [-0.25, -0.2) is 9.97 Å². The third-order valence-electron chi connectivity index (χ3n) is 1.70. The number of rotatable bonds is 2. The van der Waals surface area contributed by atoms with E-state index in [1.165, 1.54) is 0 Å². The second-order valence-electron chi connectivity index (χ2n) is 2.62. The number of hydrogen-bond acceptors (Lipinski definition) is 4. The molecule has 0 unspecified atom stereocenters. The second-order valence-corrected chi connectivity index (χ2v) is 3.40. The molecular weight excluding hydrogens is 246 g/mol. The van der Waals surface area contributed by atoms with Crippen LogP contribution in [0.3, 0.4) is 0 Å². The van der Waals surface area contributed by atoms with E-state index in [4.69, 9.17) is 4.42 Å². The zero-order valence-corrected chi connectivity index (χ0v) is 9.08. The van der Waals surface area contributed by atoms with Crippen LogP contribution in [0.2, 0.25) is 0 Å². The van der Waals surface area contributed by atoms with Crippen molar-refractivity contribution in [2.75, 3.05) is 12.4 Å². The maximum Gasteiger partial charge on any atom is 0.223 e. The molecule has 2 heterocycles. The molecule has 5 heteroatoms. The van der Waals surface area contributed by atoms with Gasteiger partial charge in [-0.05, 0) is 34.1 Å². The van der Waals surface area contributed by atoms with Crippen LogP contribution in [0.5, 0.6) is 0 Å². The minimum Gasteiger partial charge on any atom is -0.448 e. The van der Waals surface area contributed by atoms with Gasteiger partial charge in [0.05, 0.1) is 0 Å². The Morgan fingerprint density at radius 3 is 2.86 bits per heavy atom. The largest absolute Gasteiger partial charge is 0.448 e. The van der Waals surface area contributed by atoms with E-state index in [0.29, 0.717) is 10.6 Å². The molecular formula is C9H8BrN3O. The lowest BCUT2D eigenvalue weighted by Crippen LogP contribution is -1.95. The molecule has 0 fully saturated rings. The first kappa shape index (κ1) is 9.21. The summed E-state index contributed by atoms with van der Waals surface area (Å²) in [6.07, 6.45) is 1.69. The number of anilines is 1. The van der Waals surface area contributed by atoms with E-state index >= 15 is 0 Å². The van der Waals surface area contributed by atoms with Crippen molar-refractivity contribution in [1.29, 1.82) is 0 Å². The molecule has 0 aliphatic rings. The first-order valence-electron chi connectivity index (χ1n) is 4.06. The average Bonchev–Trinajstić information content (AvgIpc) is 2.65. The van der Waals surface area contributed by atoms with Crippen LogP contribution in [0.4, 0.5) is 5.95 Å². The molecule has 0 atom stereocenters. The Kier molecular flexibility index (Phi) is 2.49. The third-order valence-corrected chi connectivity index (χ3v) is 2.13. The summed E-state index contributed by atoms with van der Waals surface area (Å²) in [4.78, 5) is 8.25. The number of nitrogens with zero attached hydrogens (tertiary/aromatic N) is 2. The van der Waals surface area contributed by atoms with Crippen LogP contribution in [-0.4, -0.2) is 17.0 Å². The molecule has 0 saturated carbocycles. The van der Waals surface area contributed by atoms with Crippen LogP contribution >= 0.6 is 15.9 Å². The molecule has 1 N–H and O–H groups in total. The third kappa shape index (κ3) is 1.77. The van der Waals surface area contributed by atoms with Gasteiger partial charge in [-0.3, -0.25) is 0 Å². The van der Waals surface area contributed by atoms with E-state index in [0.717, 1.165) is 11.5 Å². The highest BCUT2D eigenvalue weighted by Crippen LogP contribution is 2.23. The average molecular weight is 254 g/mol. The van der Waals surface area contributed by atoms with Gasteiger partial charge in [0.25, 0.3) is 0 Å². The van der Waals surface area contributed by atoms with Crippen LogP contribution in [0.1, 0.15) is 0 Å². The molecule has 72 valence electrons. The normalized spacial score (nSPS) is 10.1. The summed E-state index contributed by atoms with van der Waals surface area (Å²) in [5.74, 6) is 1.30. The Hall–Kier alpha value is -1.36. The summed E-state index contributed by atoms with van der Waals surface area (Å²) in [7, 11) is 1.77. The summed E-state index contributed by atoms with van der Waals surface area (Å²) < 4.78 is 6.06. The van der Waals surface area contributed by atoms with Gasteiger partial charge in [0.1, 0.15) is 5.69 Å². The molecule has 0 aliphatic heterocycles. The van der Waals surface area contributed by atoms with Crippen molar-refractivity contribution in [3.63, 3.8) is 0 Å². The summed E-state index contributed by atoms with van der Waals surface area (Å²) in [5, 5.41) is 2.87. The summed E-state index contributed by atoms with van der Waals surface area (Å²) in [5.41, 5.74) is 0.759. The van der Waals surface area contributed by atoms with Crippen molar-refractivity contribution in [1.82, 2.24) is 9.97 Å². The number of aromatic nitrogens is 2. The SMILES string of the molecule is CNc1nccc(-c2ccc(Br)o2)n1. The predicted molar refractivity (Wildman–Crippen MR) is 57.0 cm³/mol. The molecule has 14 heavy (non-hydrogen) atoms. The van der Waals surface area contributed by atoms with Crippen LogP contribution in [0.25, 0.3) is 11.5 Å². The van der Waals surface area contributed by atoms with Gasteiger partial charge in [-0.1, -0.05) is 0 Å². The zero-order chi connectivity index (χ0) is 9.97. The number of nitrogens with one attached hydrogen (secondary N) is 1. The smallest absolute Gasteiger partial charge is 0.223 e. The van der Waals surface area contributed by atoms with E-state index in [1.807, 2.05) is 12.1 Å². The monoisotopic (exact) mass is 253 g/mol. The van der Waals surface area contributed by atoms with E-state index in [2.05, 4.69) is 31.2 Å². The number of hydrogen-bond donors (Lipinski definition) is 1. The molecule has 0 bridgehead atoms. The molecule has 0 spiro atoms. The maximum atomic E-state index is 5.37. The van der Waals surface area contributed by atoms with Crippen LogP contribution in [-0.2, 0) is 0 Å². The fourth-order valence-corrected chi connectivity index (χ4v) is 1.37. The Labute approximate surface area is 89.5 Å². The highest BCUT2D eigenvalue weighted by Gasteiger charge is 2.05. The van der Waals surface area contributed by atoms with Crippen molar-refractivity contribution in [3.8, 4) is 11.5 Å². The quantitative estimate of drug-likeness (QED) is 0.894. The van der Waals surface area contributed by atoms with Crippen molar-refractivity contribution >= 4 is 21.9 Å². The van der Waals surface area contributed by atoms with E-state index in [-0.39, 0.29) is 0 Å². The van der Waals surface area contributed by atoms with Gasteiger partial charge in [-0.15, -0.1) is 0 Å². The standard InChI is InChI=1S/C9H8BrN3O/c1-11-9-12-5-4-6(13-9)7-2-3-8(10)14-7/h2-5H,1H3,(H,11,12,13). The molecule has 0 radical (unpaired) electrons. The highest BCUT2D eigenvalue weighted by atomic mass is 79.9. The fraction of sp³-hybridized carbons (Fsp3) is 0.111. The Morgan fingerprint density at radius 1 is 1.36 bits per heavy atom. The minimum atomic E-state index is 0.579. The lowest BCUT2D eigenvalue weighted by molar-refractivity contribution is 0.553. The number of halogens is 1. The highest BCUT2D eigenvalue weighted by molar-refractivity contribution is 9.10. The molecule has 0 amide bonds. The molecule has 2 aromatic rings. The van der Waals surface area contributed by atoms with Crippen molar-refractivity contribution in [2.24, 2.45) is 0 Å². The maximum absolute atomic E-state index is 5.37. The Balaban J connectivity index is 2.41. The zero-order valence-electron chi connectivity index (χ0n) is 7.49. The number of furan rings is 1.